The number of rotatable bonds is 2. The maximum Gasteiger partial charge on any atom is 0.224 e. The molecule has 1 aromatic rings. The summed E-state index contributed by atoms with van der Waals surface area (Å²) in [6.45, 7) is 1.72. The lowest BCUT2D eigenvalue weighted by Crippen LogP contribution is -2.10. The highest BCUT2D eigenvalue weighted by Crippen LogP contribution is 2.16. The minimum Gasteiger partial charge on any atom is -0.324 e. The predicted octanol–water partition coefficient (Wildman–Crippen LogP) is 2.78. The molecule has 0 aliphatic heterocycles. The van der Waals surface area contributed by atoms with E-state index in [9.17, 15) is 9.18 Å². The SMILES string of the molecule is CCC(=O)Nc1ccc(I)cc1F. The molecule has 0 aliphatic rings. The van der Waals surface area contributed by atoms with Crippen LogP contribution in [0.25, 0.3) is 0 Å². The van der Waals surface area contributed by atoms with Gasteiger partial charge in [-0.2, -0.15) is 0 Å². The second-order valence-corrected chi connectivity index (χ2v) is 3.77. The van der Waals surface area contributed by atoms with Crippen molar-refractivity contribution in [1.82, 2.24) is 0 Å². The van der Waals surface area contributed by atoms with Gasteiger partial charge in [-0.15, -0.1) is 0 Å². The molecule has 0 atom stereocenters. The van der Waals surface area contributed by atoms with Crippen LogP contribution >= 0.6 is 22.6 Å². The number of hydrogen-bond acceptors (Lipinski definition) is 1. The van der Waals surface area contributed by atoms with E-state index in [1.807, 2.05) is 22.6 Å². The quantitative estimate of drug-likeness (QED) is 0.835. The highest BCUT2D eigenvalue weighted by molar-refractivity contribution is 14.1. The maximum absolute atomic E-state index is 13.1. The molecule has 0 fully saturated rings. The molecule has 0 aromatic heterocycles. The standard InChI is InChI=1S/C9H9FINO/c1-2-9(13)12-8-4-3-6(11)5-7(8)10/h3-5H,2H2,1H3,(H,12,13). The van der Waals surface area contributed by atoms with Crippen molar-refractivity contribution in [2.24, 2.45) is 0 Å². The van der Waals surface area contributed by atoms with Crippen molar-refractivity contribution >= 4 is 34.2 Å². The van der Waals surface area contributed by atoms with Crippen molar-refractivity contribution in [3.05, 3.63) is 27.6 Å². The topological polar surface area (TPSA) is 29.1 Å². The molecule has 0 spiro atoms. The molecule has 0 radical (unpaired) electrons. The van der Waals surface area contributed by atoms with Gasteiger partial charge in [0.1, 0.15) is 5.82 Å². The summed E-state index contributed by atoms with van der Waals surface area (Å²) < 4.78 is 13.9. The van der Waals surface area contributed by atoms with Gasteiger partial charge in [-0.1, -0.05) is 6.92 Å². The van der Waals surface area contributed by atoms with E-state index in [2.05, 4.69) is 5.32 Å². The number of carbonyl (C=O) groups is 1. The molecule has 0 saturated carbocycles. The molecule has 1 N–H and O–H groups in total. The number of benzene rings is 1. The highest BCUT2D eigenvalue weighted by atomic mass is 127. The minimum atomic E-state index is -0.395. The number of halogens is 2. The van der Waals surface area contributed by atoms with Crippen LogP contribution in [0, 0.1) is 9.39 Å². The summed E-state index contributed by atoms with van der Waals surface area (Å²) in [5.41, 5.74) is 0.243. The average molecular weight is 293 g/mol. The molecular formula is C9H9FINO. The van der Waals surface area contributed by atoms with Crippen LogP contribution in [0.5, 0.6) is 0 Å². The summed E-state index contributed by atoms with van der Waals surface area (Å²) in [4.78, 5) is 10.9. The third kappa shape index (κ3) is 2.95. The summed E-state index contributed by atoms with van der Waals surface area (Å²) in [7, 11) is 0. The van der Waals surface area contributed by atoms with Crippen LogP contribution in [0.15, 0.2) is 18.2 Å². The first-order chi connectivity index (χ1) is 6.13. The molecule has 0 bridgehead atoms. The third-order valence-electron chi connectivity index (χ3n) is 1.53. The Kier molecular flexibility index (Phi) is 3.65. The first-order valence-electron chi connectivity index (χ1n) is 3.88. The lowest BCUT2D eigenvalue weighted by molar-refractivity contribution is -0.115. The molecule has 4 heteroatoms. The summed E-state index contributed by atoms with van der Waals surface area (Å²) in [5.74, 6) is -0.575. The van der Waals surface area contributed by atoms with E-state index in [1.54, 1.807) is 19.1 Å². The fourth-order valence-electron chi connectivity index (χ4n) is 0.829. The zero-order chi connectivity index (χ0) is 9.84. The van der Waals surface area contributed by atoms with Crippen molar-refractivity contribution in [2.75, 3.05) is 5.32 Å². The van der Waals surface area contributed by atoms with E-state index in [4.69, 9.17) is 0 Å². The van der Waals surface area contributed by atoms with Gasteiger partial charge in [-0.05, 0) is 40.8 Å². The lowest BCUT2D eigenvalue weighted by atomic mass is 10.3. The highest BCUT2D eigenvalue weighted by Gasteiger charge is 2.04. The Bertz CT molecular complexity index is 327. The molecule has 70 valence electrons. The Balaban J connectivity index is 2.83. The molecule has 0 unspecified atom stereocenters. The predicted molar refractivity (Wildman–Crippen MR) is 58.0 cm³/mol. The summed E-state index contributed by atoms with van der Waals surface area (Å²) in [6.07, 6.45) is 0.353. The monoisotopic (exact) mass is 293 g/mol. The van der Waals surface area contributed by atoms with Gasteiger partial charge in [-0.3, -0.25) is 4.79 Å². The number of anilines is 1. The second-order valence-electron chi connectivity index (χ2n) is 2.53. The zero-order valence-electron chi connectivity index (χ0n) is 7.10. The van der Waals surface area contributed by atoms with Crippen LogP contribution in [0.2, 0.25) is 0 Å². The van der Waals surface area contributed by atoms with Crippen LogP contribution in [0.3, 0.4) is 0 Å². The van der Waals surface area contributed by atoms with E-state index >= 15 is 0 Å². The molecule has 13 heavy (non-hydrogen) atoms. The molecule has 2 nitrogen and oxygen atoms in total. The Morgan fingerprint density at radius 1 is 1.62 bits per heavy atom. The van der Waals surface area contributed by atoms with Crippen LogP contribution < -0.4 is 5.32 Å². The van der Waals surface area contributed by atoms with Crippen molar-refractivity contribution in [2.45, 2.75) is 13.3 Å². The normalized spacial score (nSPS) is 9.77. The summed E-state index contributed by atoms with van der Waals surface area (Å²) in [6, 6.07) is 4.69. The molecule has 1 amide bonds. The van der Waals surface area contributed by atoms with Gasteiger partial charge in [0, 0.05) is 9.99 Å². The largest absolute Gasteiger partial charge is 0.324 e. The van der Waals surface area contributed by atoms with Gasteiger partial charge in [0.25, 0.3) is 0 Å². The summed E-state index contributed by atoms with van der Waals surface area (Å²) in [5, 5.41) is 2.47. The molecule has 0 heterocycles. The van der Waals surface area contributed by atoms with Crippen molar-refractivity contribution in [3.8, 4) is 0 Å². The Hall–Kier alpha value is -0.650. The van der Waals surface area contributed by atoms with Gasteiger partial charge >= 0.3 is 0 Å². The number of nitrogens with one attached hydrogen (secondary N) is 1. The number of amides is 1. The molecular weight excluding hydrogens is 284 g/mol. The number of carbonyl (C=O) groups excluding carboxylic acids is 1. The van der Waals surface area contributed by atoms with Gasteiger partial charge in [-0.25, -0.2) is 4.39 Å². The minimum absolute atomic E-state index is 0.180. The van der Waals surface area contributed by atoms with Crippen LogP contribution in [-0.2, 0) is 4.79 Å². The van der Waals surface area contributed by atoms with E-state index in [0.29, 0.717) is 6.42 Å². The lowest BCUT2D eigenvalue weighted by Gasteiger charge is -2.04. The Labute approximate surface area is 89.7 Å². The fraction of sp³-hybridized carbons (Fsp3) is 0.222. The third-order valence-corrected chi connectivity index (χ3v) is 2.20. The van der Waals surface area contributed by atoms with Crippen molar-refractivity contribution in [1.29, 1.82) is 0 Å². The van der Waals surface area contributed by atoms with E-state index in [1.165, 1.54) is 6.07 Å². The molecule has 0 aliphatic carbocycles. The Morgan fingerprint density at radius 2 is 2.31 bits per heavy atom. The average Bonchev–Trinajstić information content (AvgIpc) is 2.09. The van der Waals surface area contributed by atoms with Gasteiger partial charge in [0.15, 0.2) is 0 Å². The van der Waals surface area contributed by atoms with Gasteiger partial charge in [0.2, 0.25) is 5.91 Å². The van der Waals surface area contributed by atoms with E-state index in [-0.39, 0.29) is 11.6 Å². The second kappa shape index (κ2) is 4.55. The smallest absolute Gasteiger partial charge is 0.224 e. The summed E-state index contributed by atoms with van der Waals surface area (Å²) >= 11 is 2.01. The number of hydrogen-bond donors (Lipinski definition) is 1. The molecule has 0 saturated heterocycles. The van der Waals surface area contributed by atoms with Crippen LogP contribution in [-0.4, -0.2) is 5.91 Å². The van der Waals surface area contributed by atoms with Gasteiger partial charge < -0.3 is 5.32 Å². The maximum atomic E-state index is 13.1. The zero-order valence-corrected chi connectivity index (χ0v) is 9.26. The molecule has 1 aromatic carbocycles. The van der Waals surface area contributed by atoms with E-state index in [0.717, 1.165) is 3.57 Å². The Morgan fingerprint density at radius 3 is 2.85 bits per heavy atom. The first kappa shape index (κ1) is 10.4. The van der Waals surface area contributed by atoms with Crippen molar-refractivity contribution < 1.29 is 9.18 Å². The fourth-order valence-corrected chi connectivity index (χ4v) is 1.28. The molecule has 1 rings (SSSR count). The van der Waals surface area contributed by atoms with Crippen LogP contribution in [0.4, 0.5) is 10.1 Å². The van der Waals surface area contributed by atoms with Crippen molar-refractivity contribution in [3.63, 3.8) is 0 Å². The van der Waals surface area contributed by atoms with Gasteiger partial charge in [0.05, 0.1) is 5.69 Å². The first-order valence-corrected chi connectivity index (χ1v) is 4.96. The van der Waals surface area contributed by atoms with Crippen LogP contribution in [0.1, 0.15) is 13.3 Å². The van der Waals surface area contributed by atoms with E-state index < -0.39 is 5.82 Å².